The van der Waals surface area contributed by atoms with Gasteiger partial charge < -0.3 is 5.32 Å². The van der Waals surface area contributed by atoms with E-state index in [0.717, 1.165) is 17.7 Å². The average Bonchev–Trinajstić information content (AvgIpc) is 3.10. The van der Waals surface area contributed by atoms with Gasteiger partial charge in [0.2, 0.25) is 0 Å². The number of rotatable bonds is 5. The largest absolute Gasteiger partial charge is 0.352 e. The van der Waals surface area contributed by atoms with Crippen molar-refractivity contribution in [1.82, 2.24) is 15.1 Å². The highest BCUT2D eigenvalue weighted by Gasteiger charge is 2.05. The lowest BCUT2D eigenvalue weighted by atomic mass is 10.1. The molecule has 0 saturated carbocycles. The molecule has 0 bridgehead atoms. The number of hydrogen-bond donors (Lipinski definition) is 1. The maximum atomic E-state index is 12.0. The molecule has 0 atom stereocenters. The first-order chi connectivity index (χ1) is 11.2. The van der Waals surface area contributed by atoms with Crippen LogP contribution in [0, 0.1) is 0 Å². The first-order valence-corrected chi connectivity index (χ1v) is 7.73. The SMILES string of the molecule is O=C(NCCc1ccc(-n2cccn2)cc1)c1cccc(Cl)c1. The summed E-state index contributed by atoms with van der Waals surface area (Å²) >= 11 is 5.89. The number of carbonyl (C=O) groups is 1. The normalized spacial score (nSPS) is 10.5. The number of aromatic nitrogens is 2. The monoisotopic (exact) mass is 325 g/mol. The summed E-state index contributed by atoms with van der Waals surface area (Å²) in [6, 6.07) is 16.9. The van der Waals surface area contributed by atoms with E-state index in [-0.39, 0.29) is 5.91 Å². The molecule has 0 radical (unpaired) electrons. The van der Waals surface area contributed by atoms with Crippen LogP contribution in [0.3, 0.4) is 0 Å². The zero-order valence-electron chi connectivity index (χ0n) is 12.4. The molecule has 4 nitrogen and oxygen atoms in total. The van der Waals surface area contributed by atoms with Crippen LogP contribution in [0.5, 0.6) is 0 Å². The molecule has 0 spiro atoms. The van der Waals surface area contributed by atoms with E-state index in [4.69, 9.17) is 11.6 Å². The van der Waals surface area contributed by atoms with Gasteiger partial charge in [-0.1, -0.05) is 29.8 Å². The lowest BCUT2D eigenvalue weighted by Gasteiger charge is -2.07. The van der Waals surface area contributed by atoms with Crippen LogP contribution >= 0.6 is 11.6 Å². The molecule has 1 N–H and O–H groups in total. The van der Waals surface area contributed by atoms with Gasteiger partial charge >= 0.3 is 0 Å². The molecular formula is C18H16ClN3O. The molecule has 1 heterocycles. The van der Waals surface area contributed by atoms with Crippen LogP contribution in [0.25, 0.3) is 5.69 Å². The predicted molar refractivity (Wildman–Crippen MR) is 91.1 cm³/mol. The van der Waals surface area contributed by atoms with Gasteiger partial charge in [-0.2, -0.15) is 5.10 Å². The van der Waals surface area contributed by atoms with Crippen molar-refractivity contribution in [2.45, 2.75) is 6.42 Å². The Labute approximate surface area is 139 Å². The highest BCUT2D eigenvalue weighted by molar-refractivity contribution is 6.30. The van der Waals surface area contributed by atoms with Gasteiger partial charge in [0.25, 0.3) is 5.91 Å². The van der Waals surface area contributed by atoms with E-state index < -0.39 is 0 Å². The smallest absolute Gasteiger partial charge is 0.251 e. The van der Waals surface area contributed by atoms with E-state index in [0.29, 0.717) is 17.1 Å². The van der Waals surface area contributed by atoms with E-state index in [1.807, 2.05) is 41.2 Å². The molecule has 0 aliphatic heterocycles. The number of halogens is 1. The summed E-state index contributed by atoms with van der Waals surface area (Å²) in [6.45, 7) is 0.576. The highest BCUT2D eigenvalue weighted by atomic mass is 35.5. The zero-order valence-corrected chi connectivity index (χ0v) is 13.2. The molecular weight excluding hydrogens is 310 g/mol. The fourth-order valence-electron chi connectivity index (χ4n) is 2.29. The summed E-state index contributed by atoms with van der Waals surface area (Å²) in [7, 11) is 0. The number of amides is 1. The van der Waals surface area contributed by atoms with Crippen molar-refractivity contribution in [2.24, 2.45) is 0 Å². The number of nitrogens with one attached hydrogen (secondary N) is 1. The van der Waals surface area contributed by atoms with Crippen molar-refractivity contribution in [3.63, 3.8) is 0 Å². The van der Waals surface area contributed by atoms with Gasteiger partial charge in [-0.15, -0.1) is 0 Å². The van der Waals surface area contributed by atoms with Gasteiger partial charge in [0.15, 0.2) is 0 Å². The Morgan fingerprint density at radius 3 is 2.65 bits per heavy atom. The van der Waals surface area contributed by atoms with Crippen LogP contribution in [0.1, 0.15) is 15.9 Å². The zero-order chi connectivity index (χ0) is 16.1. The van der Waals surface area contributed by atoms with Crippen LogP contribution in [0.4, 0.5) is 0 Å². The van der Waals surface area contributed by atoms with E-state index >= 15 is 0 Å². The number of benzene rings is 2. The van der Waals surface area contributed by atoms with E-state index in [1.165, 1.54) is 0 Å². The molecule has 5 heteroatoms. The minimum Gasteiger partial charge on any atom is -0.352 e. The summed E-state index contributed by atoms with van der Waals surface area (Å²) in [5, 5.41) is 7.65. The van der Waals surface area contributed by atoms with Gasteiger partial charge in [0, 0.05) is 29.5 Å². The Bertz CT molecular complexity index is 782. The third-order valence-corrected chi connectivity index (χ3v) is 3.73. The molecule has 0 unspecified atom stereocenters. The third-order valence-electron chi connectivity index (χ3n) is 3.49. The molecule has 1 aromatic heterocycles. The molecule has 116 valence electrons. The number of carbonyl (C=O) groups excluding carboxylic acids is 1. The maximum Gasteiger partial charge on any atom is 0.251 e. The second-order valence-corrected chi connectivity index (χ2v) is 5.57. The van der Waals surface area contributed by atoms with Crippen molar-refractivity contribution < 1.29 is 4.79 Å². The van der Waals surface area contributed by atoms with Crippen LogP contribution in [-0.2, 0) is 6.42 Å². The van der Waals surface area contributed by atoms with E-state index in [2.05, 4.69) is 10.4 Å². The van der Waals surface area contributed by atoms with Crippen molar-refractivity contribution in [1.29, 1.82) is 0 Å². The van der Waals surface area contributed by atoms with Gasteiger partial charge in [-0.05, 0) is 48.4 Å². The molecule has 0 fully saturated rings. The van der Waals surface area contributed by atoms with Crippen molar-refractivity contribution in [3.05, 3.63) is 83.1 Å². The summed E-state index contributed by atoms with van der Waals surface area (Å²) in [5.41, 5.74) is 2.75. The minimum absolute atomic E-state index is 0.110. The minimum atomic E-state index is -0.110. The third kappa shape index (κ3) is 3.99. The number of hydrogen-bond acceptors (Lipinski definition) is 2. The average molecular weight is 326 g/mol. The lowest BCUT2D eigenvalue weighted by molar-refractivity contribution is 0.0954. The Kier molecular flexibility index (Phi) is 4.74. The molecule has 3 rings (SSSR count). The van der Waals surface area contributed by atoms with Gasteiger partial charge in [0.1, 0.15) is 0 Å². The van der Waals surface area contributed by atoms with Crippen molar-refractivity contribution in [2.75, 3.05) is 6.54 Å². The molecule has 2 aromatic carbocycles. The van der Waals surface area contributed by atoms with Crippen LogP contribution in [-0.4, -0.2) is 22.2 Å². The topological polar surface area (TPSA) is 46.9 Å². The molecule has 3 aromatic rings. The summed E-state index contributed by atoms with van der Waals surface area (Å²) in [6.07, 6.45) is 4.42. The second kappa shape index (κ2) is 7.11. The molecule has 0 aliphatic rings. The Balaban J connectivity index is 1.53. The first-order valence-electron chi connectivity index (χ1n) is 7.35. The summed E-state index contributed by atoms with van der Waals surface area (Å²) in [5.74, 6) is -0.110. The fraction of sp³-hybridized carbons (Fsp3) is 0.111. The van der Waals surface area contributed by atoms with Crippen molar-refractivity contribution >= 4 is 17.5 Å². The van der Waals surface area contributed by atoms with Gasteiger partial charge in [-0.3, -0.25) is 4.79 Å². The van der Waals surface area contributed by atoms with E-state index in [9.17, 15) is 4.79 Å². The van der Waals surface area contributed by atoms with Crippen LogP contribution in [0.15, 0.2) is 67.0 Å². The Morgan fingerprint density at radius 1 is 1.13 bits per heavy atom. The maximum absolute atomic E-state index is 12.0. The summed E-state index contributed by atoms with van der Waals surface area (Å²) in [4.78, 5) is 12.0. The van der Waals surface area contributed by atoms with Crippen molar-refractivity contribution in [3.8, 4) is 5.69 Å². The van der Waals surface area contributed by atoms with Crippen LogP contribution in [0.2, 0.25) is 5.02 Å². The first kappa shape index (κ1) is 15.3. The van der Waals surface area contributed by atoms with Gasteiger partial charge in [-0.25, -0.2) is 4.68 Å². The second-order valence-electron chi connectivity index (χ2n) is 5.13. The Morgan fingerprint density at radius 2 is 1.96 bits per heavy atom. The lowest BCUT2D eigenvalue weighted by Crippen LogP contribution is -2.25. The number of nitrogens with zero attached hydrogens (tertiary/aromatic N) is 2. The predicted octanol–water partition coefficient (Wildman–Crippen LogP) is 3.50. The quantitative estimate of drug-likeness (QED) is 0.780. The molecule has 0 saturated heterocycles. The van der Waals surface area contributed by atoms with Crippen LogP contribution < -0.4 is 5.32 Å². The van der Waals surface area contributed by atoms with E-state index in [1.54, 1.807) is 30.5 Å². The highest BCUT2D eigenvalue weighted by Crippen LogP contribution is 2.11. The van der Waals surface area contributed by atoms with Gasteiger partial charge in [0.05, 0.1) is 5.69 Å². The standard InChI is InChI=1S/C18H16ClN3O/c19-16-4-1-3-15(13-16)18(23)20-11-9-14-5-7-17(8-6-14)22-12-2-10-21-22/h1-8,10,12-13H,9,11H2,(H,20,23). The molecule has 0 aliphatic carbocycles. The molecule has 23 heavy (non-hydrogen) atoms. The Hall–Kier alpha value is -2.59. The fourth-order valence-corrected chi connectivity index (χ4v) is 2.48. The summed E-state index contributed by atoms with van der Waals surface area (Å²) < 4.78 is 1.81. The molecule has 1 amide bonds.